The van der Waals surface area contributed by atoms with Gasteiger partial charge in [-0.3, -0.25) is 19.3 Å². The molecule has 0 aliphatic carbocycles. The Morgan fingerprint density at radius 3 is 2.19 bits per heavy atom. The number of thioether (sulfide) groups is 1. The van der Waals surface area contributed by atoms with Gasteiger partial charge >= 0.3 is 0 Å². The number of amides is 3. The van der Waals surface area contributed by atoms with Crippen LogP contribution in [0.5, 0.6) is 11.5 Å². The lowest BCUT2D eigenvalue weighted by molar-refractivity contribution is -0.126. The van der Waals surface area contributed by atoms with Crippen LogP contribution >= 0.6 is 27.7 Å². The number of nitrogens with zero attached hydrogens (tertiary/aromatic N) is 2. The van der Waals surface area contributed by atoms with Crippen molar-refractivity contribution in [2.24, 2.45) is 4.99 Å². The molecular formula is C37H36BrN3O5S. The second kappa shape index (κ2) is 17.3. The summed E-state index contributed by atoms with van der Waals surface area (Å²) in [5.74, 6) is -0.675. The molecule has 0 unspecified atom stereocenters. The second-order valence-electron chi connectivity index (χ2n) is 10.0. The Labute approximate surface area is 288 Å². The molecule has 0 fully saturated rings. The van der Waals surface area contributed by atoms with Gasteiger partial charge in [-0.1, -0.05) is 97.2 Å². The number of rotatable bonds is 13. The molecule has 1 N–H and O–H groups in total. The summed E-state index contributed by atoms with van der Waals surface area (Å²) in [7, 11) is 0. The molecule has 4 rings (SSSR count). The Bertz CT molecular complexity index is 1700. The molecule has 242 valence electrons. The predicted octanol–water partition coefficient (Wildman–Crippen LogP) is 7.64. The van der Waals surface area contributed by atoms with Crippen molar-refractivity contribution in [1.82, 2.24) is 10.2 Å². The van der Waals surface area contributed by atoms with Crippen molar-refractivity contribution >= 4 is 56.7 Å². The zero-order valence-corrected chi connectivity index (χ0v) is 28.8. The van der Waals surface area contributed by atoms with Crippen LogP contribution in [0.15, 0.2) is 124 Å². The van der Waals surface area contributed by atoms with E-state index in [0.717, 1.165) is 22.9 Å². The van der Waals surface area contributed by atoms with Crippen LogP contribution in [0.4, 0.5) is 0 Å². The van der Waals surface area contributed by atoms with Gasteiger partial charge in [0.2, 0.25) is 5.91 Å². The highest BCUT2D eigenvalue weighted by Crippen LogP contribution is 2.36. The Kier molecular flexibility index (Phi) is 13.0. The van der Waals surface area contributed by atoms with Gasteiger partial charge in [0, 0.05) is 17.3 Å². The number of halogens is 1. The molecule has 0 bridgehead atoms. The van der Waals surface area contributed by atoms with Crippen LogP contribution in [0, 0.1) is 0 Å². The van der Waals surface area contributed by atoms with Gasteiger partial charge in [-0.05, 0) is 66.0 Å². The summed E-state index contributed by atoms with van der Waals surface area (Å²) >= 11 is 4.51. The number of nitrogens with one attached hydrogen (secondary N) is 1. The normalized spacial score (nSPS) is 14.5. The molecule has 0 aromatic heterocycles. The van der Waals surface area contributed by atoms with Crippen LogP contribution in [0.3, 0.4) is 0 Å². The molecule has 1 heterocycles. The number of allylic oxidation sites excluding steroid dienone is 4. The lowest BCUT2D eigenvalue weighted by Crippen LogP contribution is -2.42. The van der Waals surface area contributed by atoms with Crippen molar-refractivity contribution in [2.75, 3.05) is 19.0 Å². The molecule has 0 atom stereocenters. The van der Waals surface area contributed by atoms with E-state index in [9.17, 15) is 14.4 Å². The molecule has 0 saturated heterocycles. The average molecular weight is 715 g/mol. The first-order valence-corrected chi connectivity index (χ1v) is 16.8. The maximum absolute atomic E-state index is 14.1. The molecule has 3 aromatic rings. The summed E-state index contributed by atoms with van der Waals surface area (Å²) in [6, 6.07) is 22.4. The van der Waals surface area contributed by atoms with Crippen LogP contribution in [0.1, 0.15) is 43.5 Å². The fourth-order valence-corrected chi connectivity index (χ4v) is 6.04. The Hall–Kier alpha value is -4.67. The summed E-state index contributed by atoms with van der Waals surface area (Å²) in [5, 5.41) is 3.18. The second-order valence-corrected chi connectivity index (χ2v) is 11.8. The van der Waals surface area contributed by atoms with Crippen LogP contribution in [-0.2, 0) is 14.4 Å². The zero-order chi connectivity index (χ0) is 33.8. The topological polar surface area (TPSA) is 97.3 Å². The molecule has 47 heavy (non-hydrogen) atoms. The van der Waals surface area contributed by atoms with E-state index in [-0.39, 0.29) is 28.4 Å². The van der Waals surface area contributed by atoms with E-state index in [1.807, 2.05) is 74.5 Å². The third kappa shape index (κ3) is 8.99. The molecule has 1 aliphatic heterocycles. The quantitative estimate of drug-likeness (QED) is 0.111. The average Bonchev–Trinajstić information content (AvgIpc) is 3.08. The molecule has 0 saturated carbocycles. The maximum atomic E-state index is 14.1. The molecule has 1 aliphatic rings. The monoisotopic (exact) mass is 713 g/mol. The van der Waals surface area contributed by atoms with Gasteiger partial charge in [-0.2, -0.15) is 4.99 Å². The number of carbonyl (C=O) groups is 3. The van der Waals surface area contributed by atoms with Gasteiger partial charge in [0.15, 0.2) is 5.17 Å². The Morgan fingerprint density at radius 1 is 1.00 bits per heavy atom. The standard InChI is InChI=1S/C37H36BrN3O5S/c1-5-9-20-28(6-2)41-36(44)29(21-27-22-30(38)32(46-8-4)23-31(27)45-7-3)35(43)40-37(41)47-24-33(42)39-34(25-16-12-10-13-17-25)26-18-14-11-15-19-26/h5-6,9-23,34H,1,7-8,24H2,2-4H3,(H,39,42)/b20-9-,28-6+,29-21+. The highest BCUT2D eigenvalue weighted by atomic mass is 79.9. The van der Waals surface area contributed by atoms with Crippen molar-refractivity contribution < 1.29 is 23.9 Å². The van der Waals surface area contributed by atoms with E-state index in [0.29, 0.717) is 40.4 Å². The first kappa shape index (κ1) is 35.2. The molecule has 3 aromatic carbocycles. The third-order valence-corrected chi connectivity index (χ3v) is 8.44. The lowest BCUT2D eigenvalue weighted by atomic mass is 9.99. The summed E-state index contributed by atoms with van der Waals surface area (Å²) in [4.78, 5) is 46.6. The maximum Gasteiger partial charge on any atom is 0.285 e. The van der Waals surface area contributed by atoms with Crippen LogP contribution < -0.4 is 14.8 Å². The molecule has 0 radical (unpaired) electrons. The molecule has 0 spiro atoms. The zero-order valence-electron chi connectivity index (χ0n) is 26.4. The van der Waals surface area contributed by atoms with Crippen LogP contribution in [0.25, 0.3) is 6.08 Å². The number of carbonyl (C=O) groups excluding carboxylic acids is 3. The van der Waals surface area contributed by atoms with E-state index >= 15 is 0 Å². The minimum absolute atomic E-state index is 0.0861. The van der Waals surface area contributed by atoms with E-state index < -0.39 is 11.8 Å². The van der Waals surface area contributed by atoms with Gasteiger partial charge in [0.25, 0.3) is 11.8 Å². The van der Waals surface area contributed by atoms with Crippen LogP contribution in [-0.4, -0.2) is 46.8 Å². The number of amidine groups is 1. The minimum atomic E-state index is -0.726. The fourth-order valence-electron chi connectivity index (χ4n) is 4.76. The summed E-state index contributed by atoms with van der Waals surface area (Å²) < 4.78 is 12.1. The molecule has 10 heteroatoms. The van der Waals surface area contributed by atoms with Gasteiger partial charge in [-0.25, -0.2) is 0 Å². The van der Waals surface area contributed by atoms with Gasteiger partial charge < -0.3 is 14.8 Å². The van der Waals surface area contributed by atoms with E-state index in [2.05, 4.69) is 32.8 Å². The smallest absolute Gasteiger partial charge is 0.285 e. The fraction of sp³-hybridized carbons (Fsp3) is 0.189. The van der Waals surface area contributed by atoms with Crippen molar-refractivity contribution in [3.8, 4) is 11.5 Å². The molecule has 3 amide bonds. The number of benzene rings is 3. The number of ether oxygens (including phenoxy) is 2. The summed E-state index contributed by atoms with van der Waals surface area (Å²) in [6.07, 6.45) is 8.14. The lowest BCUT2D eigenvalue weighted by Gasteiger charge is -2.28. The van der Waals surface area contributed by atoms with Crippen molar-refractivity contribution in [3.05, 3.63) is 136 Å². The minimum Gasteiger partial charge on any atom is -0.493 e. The summed E-state index contributed by atoms with van der Waals surface area (Å²) in [5.41, 5.74) is 2.65. The number of hydrogen-bond acceptors (Lipinski definition) is 6. The molecular weight excluding hydrogens is 678 g/mol. The highest BCUT2D eigenvalue weighted by molar-refractivity contribution is 9.10. The SMILES string of the molecule is C=C/C=C\C(=C/C)N1C(=O)/C(=C/c2cc(Br)c(OCC)cc2OCC)C(=O)N=C1SCC(=O)NC(c1ccccc1)c1ccccc1. The predicted molar refractivity (Wildman–Crippen MR) is 192 cm³/mol. The van der Waals surface area contributed by atoms with Gasteiger partial charge in [0.1, 0.15) is 17.1 Å². The Balaban J connectivity index is 1.67. The number of hydrogen-bond donors (Lipinski definition) is 1. The number of aliphatic imine (C=N–C) groups is 1. The van der Waals surface area contributed by atoms with Gasteiger partial charge in [-0.15, -0.1) is 0 Å². The van der Waals surface area contributed by atoms with Crippen molar-refractivity contribution in [1.29, 1.82) is 0 Å². The van der Waals surface area contributed by atoms with E-state index in [1.165, 1.54) is 11.0 Å². The van der Waals surface area contributed by atoms with E-state index in [1.54, 1.807) is 43.4 Å². The van der Waals surface area contributed by atoms with E-state index in [4.69, 9.17) is 9.47 Å². The largest absolute Gasteiger partial charge is 0.493 e. The first-order valence-electron chi connectivity index (χ1n) is 15.1. The van der Waals surface area contributed by atoms with Crippen molar-refractivity contribution in [2.45, 2.75) is 26.8 Å². The van der Waals surface area contributed by atoms with Crippen molar-refractivity contribution in [3.63, 3.8) is 0 Å². The summed E-state index contributed by atoms with van der Waals surface area (Å²) in [6.45, 7) is 10.0. The third-order valence-electron chi connectivity index (χ3n) is 6.88. The molecule has 8 nitrogen and oxygen atoms in total. The highest BCUT2D eigenvalue weighted by Gasteiger charge is 2.35. The Morgan fingerprint density at radius 2 is 1.62 bits per heavy atom. The van der Waals surface area contributed by atoms with Gasteiger partial charge in [0.05, 0.1) is 29.5 Å². The van der Waals surface area contributed by atoms with Crippen LogP contribution in [0.2, 0.25) is 0 Å². The first-order chi connectivity index (χ1) is 22.8.